The molecule has 0 bridgehead atoms. The van der Waals surface area contributed by atoms with E-state index < -0.39 is 11.2 Å². The Labute approximate surface area is 142 Å². The van der Waals surface area contributed by atoms with Gasteiger partial charge in [0.25, 0.3) is 7.48 Å². The van der Waals surface area contributed by atoms with Crippen molar-refractivity contribution in [3.05, 3.63) is 41.6 Å². The Balaban J connectivity index is 2.35. The molecule has 0 unspecified atom stereocenters. The number of nitrogens with one attached hydrogen (secondary N) is 1. The molecule has 0 aliphatic carbocycles. The van der Waals surface area contributed by atoms with Crippen molar-refractivity contribution in [1.82, 2.24) is 5.32 Å². The van der Waals surface area contributed by atoms with Crippen LogP contribution in [0.5, 0.6) is 0 Å². The van der Waals surface area contributed by atoms with Crippen LogP contribution in [0.4, 0.5) is 0 Å². The van der Waals surface area contributed by atoms with Gasteiger partial charge in [0.15, 0.2) is 0 Å². The summed E-state index contributed by atoms with van der Waals surface area (Å²) < 4.78 is 5.85. The van der Waals surface area contributed by atoms with Crippen LogP contribution in [0.25, 0.3) is 6.08 Å². The zero-order valence-electron chi connectivity index (χ0n) is 15.4. The molecular weight excluding hydrogens is 285 g/mol. The lowest BCUT2D eigenvalue weighted by molar-refractivity contribution is -0.0903. The van der Waals surface area contributed by atoms with E-state index in [0.29, 0.717) is 7.48 Å². The van der Waals surface area contributed by atoms with E-state index >= 15 is 0 Å². The fraction of sp³-hybridized carbons (Fsp3) is 0.579. The average molecular weight is 317 g/mol. The summed E-state index contributed by atoms with van der Waals surface area (Å²) in [5.41, 5.74) is 1.14. The predicted molar refractivity (Wildman–Crippen MR) is 101 cm³/mol. The van der Waals surface area contributed by atoms with Crippen LogP contribution in [0.15, 0.2) is 30.5 Å². The van der Waals surface area contributed by atoms with Crippen molar-refractivity contribution in [1.29, 1.82) is 0 Å². The van der Waals surface area contributed by atoms with Crippen LogP contribution in [-0.4, -0.2) is 30.3 Å². The molecule has 0 spiro atoms. The molecule has 1 aromatic rings. The molecule has 4 heteroatoms. The van der Waals surface area contributed by atoms with E-state index in [-0.39, 0.29) is 0 Å². The number of hydrogen-bond donors (Lipinski definition) is 2. The van der Waals surface area contributed by atoms with Crippen molar-refractivity contribution in [3.63, 3.8) is 0 Å². The minimum Gasteiger partial charge on any atom is -0.432 e. The molecule has 0 heterocycles. The van der Waals surface area contributed by atoms with Gasteiger partial charge in [-0.15, -0.1) is 0 Å². The normalized spacial score (nSPS) is 12.6. The van der Waals surface area contributed by atoms with Gasteiger partial charge in [-0.25, -0.2) is 0 Å². The van der Waals surface area contributed by atoms with Gasteiger partial charge in [0.05, 0.1) is 11.2 Å². The highest BCUT2D eigenvalue weighted by Gasteiger charge is 2.35. The number of benzene rings is 1. The van der Waals surface area contributed by atoms with E-state index in [1.807, 2.05) is 20.0 Å². The van der Waals surface area contributed by atoms with Crippen LogP contribution < -0.4 is 5.32 Å². The molecule has 23 heavy (non-hydrogen) atoms. The van der Waals surface area contributed by atoms with Crippen LogP contribution in [-0.2, 0) is 11.1 Å². The molecule has 1 aromatic carbocycles. The van der Waals surface area contributed by atoms with E-state index in [0.717, 1.165) is 25.7 Å². The zero-order chi connectivity index (χ0) is 17.3. The first-order chi connectivity index (χ1) is 10.8. The molecule has 0 atom stereocenters. The summed E-state index contributed by atoms with van der Waals surface area (Å²) in [6, 6.07) is 8.61. The van der Waals surface area contributed by atoms with E-state index in [2.05, 4.69) is 42.6 Å². The third-order valence-electron chi connectivity index (χ3n) is 4.31. The Bertz CT molecular complexity index is 475. The van der Waals surface area contributed by atoms with Crippen molar-refractivity contribution in [2.24, 2.45) is 0 Å². The lowest BCUT2D eigenvalue weighted by atomic mass is 9.84. The van der Waals surface area contributed by atoms with Gasteiger partial charge >= 0.3 is 0 Å². The molecule has 0 aromatic heterocycles. The summed E-state index contributed by atoms with van der Waals surface area (Å²) in [5, 5.41) is 13.3. The van der Waals surface area contributed by atoms with Gasteiger partial charge in [-0.1, -0.05) is 31.2 Å². The SMILES string of the molecule is CCCN/C=C\c1ccc(CCBOC(C)(C)C(C)(C)O)cc1. The summed E-state index contributed by atoms with van der Waals surface area (Å²) >= 11 is 0. The third kappa shape index (κ3) is 7.23. The van der Waals surface area contributed by atoms with Gasteiger partial charge in [-0.05, 0) is 70.3 Å². The van der Waals surface area contributed by atoms with Gasteiger partial charge in [0, 0.05) is 6.54 Å². The fourth-order valence-corrected chi connectivity index (χ4v) is 1.96. The number of aliphatic hydroxyl groups is 1. The highest BCUT2D eigenvalue weighted by molar-refractivity contribution is 6.27. The molecule has 0 radical (unpaired) electrons. The topological polar surface area (TPSA) is 41.5 Å². The van der Waals surface area contributed by atoms with E-state index in [4.69, 9.17) is 4.65 Å². The zero-order valence-corrected chi connectivity index (χ0v) is 15.4. The van der Waals surface area contributed by atoms with Crippen molar-refractivity contribution in [2.45, 2.75) is 65.0 Å². The Morgan fingerprint density at radius 2 is 1.83 bits per heavy atom. The molecule has 0 aliphatic heterocycles. The molecule has 2 N–H and O–H groups in total. The fourth-order valence-electron chi connectivity index (χ4n) is 1.96. The minimum absolute atomic E-state index is 0.535. The second-order valence-corrected chi connectivity index (χ2v) is 7.05. The van der Waals surface area contributed by atoms with Crippen molar-refractivity contribution >= 4 is 13.6 Å². The van der Waals surface area contributed by atoms with Gasteiger partial charge in [0.2, 0.25) is 0 Å². The molecule has 0 saturated heterocycles. The van der Waals surface area contributed by atoms with Gasteiger partial charge < -0.3 is 15.1 Å². The molecule has 0 saturated carbocycles. The van der Waals surface area contributed by atoms with Crippen LogP contribution in [0, 0.1) is 0 Å². The standard InChI is InChI=1S/C19H32BNO2/c1-6-14-21-15-12-17-9-7-16(8-10-17)11-13-20-23-19(4,5)18(2,3)22/h7-10,12,15,20-22H,6,11,13-14H2,1-5H3/b15-12-. The quantitative estimate of drug-likeness (QED) is 0.512. The Hall–Kier alpha value is -1.26. The Morgan fingerprint density at radius 3 is 2.39 bits per heavy atom. The van der Waals surface area contributed by atoms with Gasteiger partial charge in [-0.2, -0.15) is 0 Å². The summed E-state index contributed by atoms with van der Waals surface area (Å²) in [7, 11) is 0.652. The molecule has 0 fully saturated rings. The molecule has 0 aliphatic rings. The van der Waals surface area contributed by atoms with Gasteiger partial charge in [-0.3, -0.25) is 0 Å². The first-order valence-electron chi connectivity index (χ1n) is 8.61. The van der Waals surface area contributed by atoms with E-state index in [1.165, 1.54) is 11.1 Å². The first-order valence-corrected chi connectivity index (χ1v) is 8.61. The number of aryl methyl sites for hydroxylation is 1. The first kappa shape index (κ1) is 19.8. The summed E-state index contributed by atoms with van der Waals surface area (Å²) in [6.07, 6.45) is 7.17. The largest absolute Gasteiger partial charge is 0.432 e. The summed E-state index contributed by atoms with van der Waals surface area (Å²) in [4.78, 5) is 0. The smallest absolute Gasteiger partial charge is 0.276 e. The van der Waals surface area contributed by atoms with Crippen molar-refractivity contribution in [2.75, 3.05) is 6.54 Å². The highest BCUT2D eigenvalue weighted by Crippen LogP contribution is 2.24. The molecular formula is C19H32BNO2. The summed E-state index contributed by atoms with van der Waals surface area (Å²) in [5.74, 6) is 0. The molecule has 128 valence electrons. The monoisotopic (exact) mass is 317 g/mol. The lowest BCUT2D eigenvalue weighted by Gasteiger charge is -2.37. The second-order valence-electron chi connectivity index (χ2n) is 7.05. The maximum atomic E-state index is 10.1. The summed E-state index contributed by atoms with van der Waals surface area (Å²) in [6.45, 7) is 10.6. The maximum Gasteiger partial charge on any atom is 0.276 e. The molecule has 3 nitrogen and oxygen atoms in total. The van der Waals surface area contributed by atoms with Crippen LogP contribution in [0.3, 0.4) is 0 Å². The van der Waals surface area contributed by atoms with Crippen LogP contribution in [0.2, 0.25) is 6.32 Å². The molecule has 0 amide bonds. The number of rotatable bonds is 10. The maximum absolute atomic E-state index is 10.1. The predicted octanol–water partition coefficient (Wildman–Crippen LogP) is 3.54. The second kappa shape index (κ2) is 9.14. The Kier molecular flexibility index (Phi) is 7.87. The molecule has 1 rings (SSSR count). The van der Waals surface area contributed by atoms with E-state index in [1.54, 1.807) is 13.8 Å². The highest BCUT2D eigenvalue weighted by atomic mass is 16.5. The number of hydrogen-bond acceptors (Lipinski definition) is 3. The van der Waals surface area contributed by atoms with Crippen LogP contribution >= 0.6 is 0 Å². The minimum atomic E-state index is -0.840. The van der Waals surface area contributed by atoms with Crippen molar-refractivity contribution in [3.8, 4) is 0 Å². The van der Waals surface area contributed by atoms with Crippen LogP contribution in [0.1, 0.15) is 52.2 Å². The van der Waals surface area contributed by atoms with E-state index in [9.17, 15) is 5.11 Å². The third-order valence-corrected chi connectivity index (χ3v) is 4.31. The Morgan fingerprint density at radius 1 is 1.17 bits per heavy atom. The van der Waals surface area contributed by atoms with Crippen molar-refractivity contribution < 1.29 is 9.76 Å². The lowest BCUT2D eigenvalue weighted by Crippen LogP contribution is -2.48. The average Bonchev–Trinajstić information content (AvgIpc) is 2.48. The van der Waals surface area contributed by atoms with Gasteiger partial charge in [0.1, 0.15) is 0 Å².